The predicted octanol–water partition coefficient (Wildman–Crippen LogP) is 4.63. The third-order valence-electron chi connectivity index (χ3n) is 5.23. The van der Waals surface area contributed by atoms with Crippen molar-refractivity contribution in [3.8, 4) is 22.5 Å². The molecule has 0 fully saturated rings. The third kappa shape index (κ3) is 4.94. The average molecular weight is 414 g/mol. The summed E-state index contributed by atoms with van der Waals surface area (Å²) < 4.78 is 2.03. The number of tetrazole rings is 1. The van der Waals surface area contributed by atoms with E-state index in [2.05, 4.69) is 64.5 Å². The van der Waals surface area contributed by atoms with Gasteiger partial charge in [0.1, 0.15) is 5.82 Å². The number of hydrogen-bond donors (Lipinski definition) is 1. The number of allylic oxidation sites excluding steroid dienone is 1. The first-order chi connectivity index (χ1) is 15.3. The van der Waals surface area contributed by atoms with E-state index in [1.54, 1.807) is 0 Å². The molecule has 0 spiro atoms. The monoisotopic (exact) mass is 413 g/mol. The summed E-state index contributed by atoms with van der Waals surface area (Å²) in [5.41, 5.74) is 4.34. The Bertz CT molecular complexity index is 1110. The van der Waals surface area contributed by atoms with Crippen LogP contribution in [0.2, 0.25) is 0 Å². The van der Waals surface area contributed by atoms with Gasteiger partial charge in [-0.2, -0.15) is 10.3 Å². The van der Waals surface area contributed by atoms with E-state index in [-0.39, 0.29) is 0 Å². The van der Waals surface area contributed by atoms with Crippen LogP contribution < -0.4 is 0 Å². The summed E-state index contributed by atoms with van der Waals surface area (Å²) in [6.45, 7) is 6.84. The van der Waals surface area contributed by atoms with Crippen molar-refractivity contribution in [2.75, 3.05) is 0 Å². The highest BCUT2D eigenvalue weighted by Gasteiger charge is 2.12. The third-order valence-corrected chi connectivity index (χ3v) is 5.23. The highest BCUT2D eigenvalue weighted by Crippen LogP contribution is 2.30. The number of nitrogens with zero attached hydrogens (tertiary/aromatic N) is 6. The second-order valence-electron chi connectivity index (χ2n) is 7.50. The molecule has 2 aromatic heterocycles. The van der Waals surface area contributed by atoms with Crippen LogP contribution in [0.15, 0.2) is 61.2 Å². The molecule has 158 valence electrons. The van der Waals surface area contributed by atoms with Crippen molar-refractivity contribution < 1.29 is 0 Å². The van der Waals surface area contributed by atoms with Gasteiger partial charge in [-0.15, -0.1) is 16.8 Å². The van der Waals surface area contributed by atoms with Gasteiger partial charge in [0.2, 0.25) is 5.82 Å². The number of H-pyrrole nitrogens is 1. The maximum absolute atomic E-state index is 4.81. The van der Waals surface area contributed by atoms with Crippen LogP contribution in [0.25, 0.3) is 22.5 Å². The number of hydrogen-bond acceptors (Lipinski definition) is 5. The highest BCUT2D eigenvalue weighted by atomic mass is 15.5. The molecular weight excluding hydrogens is 386 g/mol. The molecule has 7 nitrogen and oxygen atoms in total. The standard InChI is InChI=1S/C24H27N7/c1-3-5-11-22-25-23(31(28-22)16-6-4-2)17-18-12-14-19(15-13-18)20-9-7-8-10-21(20)24-26-29-30-27-24/h4,7-10,12-15H,2-3,5-6,11,16-17H2,1H3,(H,26,27,29,30). The zero-order valence-corrected chi connectivity index (χ0v) is 17.8. The molecule has 4 rings (SSSR count). The summed E-state index contributed by atoms with van der Waals surface area (Å²) >= 11 is 0. The average Bonchev–Trinajstić information content (AvgIpc) is 3.47. The van der Waals surface area contributed by atoms with Crippen molar-refractivity contribution in [3.63, 3.8) is 0 Å². The van der Waals surface area contributed by atoms with E-state index in [1.165, 1.54) is 5.56 Å². The van der Waals surface area contributed by atoms with E-state index < -0.39 is 0 Å². The number of unbranched alkanes of at least 4 members (excludes halogenated alkanes) is 1. The topological polar surface area (TPSA) is 85.2 Å². The quantitative estimate of drug-likeness (QED) is 0.383. The van der Waals surface area contributed by atoms with Crippen molar-refractivity contribution in [3.05, 3.63) is 78.4 Å². The number of benzene rings is 2. The van der Waals surface area contributed by atoms with E-state index in [0.717, 1.165) is 67.0 Å². The molecule has 0 saturated heterocycles. The number of aromatic amines is 1. The maximum atomic E-state index is 4.81. The van der Waals surface area contributed by atoms with E-state index in [1.807, 2.05) is 29.0 Å². The molecular formula is C24H27N7. The molecule has 0 amide bonds. The van der Waals surface area contributed by atoms with Gasteiger partial charge in [-0.3, -0.25) is 0 Å². The molecule has 0 aliphatic carbocycles. The Morgan fingerprint density at radius 3 is 2.58 bits per heavy atom. The smallest absolute Gasteiger partial charge is 0.205 e. The molecule has 2 heterocycles. The summed E-state index contributed by atoms with van der Waals surface area (Å²) in [7, 11) is 0. The Hall–Kier alpha value is -3.61. The Morgan fingerprint density at radius 2 is 1.87 bits per heavy atom. The van der Waals surface area contributed by atoms with Gasteiger partial charge in [0.05, 0.1) is 0 Å². The van der Waals surface area contributed by atoms with Gasteiger partial charge < -0.3 is 0 Å². The van der Waals surface area contributed by atoms with Crippen molar-refractivity contribution in [2.45, 2.75) is 45.6 Å². The molecule has 0 bridgehead atoms. The lowest BCUT2D eigenvalue weighted by Crippen LogP contribution is -2.06. The van der Waals surface area contributed by atoms with Crippen LogP contribution in [0.5, 0.6) is 0 Å². The number of rotatable bonds is 10. The molecule has 31 heavy (non-hydrogen) atoms. The molecule has 4 aromatic rings. The van der Waals surface area contributed by atoms with Gasteiger partial charge in [0, 0.05) is 24.9 Å². The van der Waals surface area contributed by atoms with Crippen LogP contribution in [0.1, 0.15) is 43.4 Å². The van der Waals surface area contributed by atoms with Crippen molar-refractivity contribution in [2.24, 2.45) is 0 Å². The largest absolute Gasteiger partial charge is 0.249 e. The van der Waals surface area contributed by atoms with Crippen molar-refractivity contribution >= 4 is 0 Å². The SMILES string of the molecule is C=CCCn1nc(CCCC)nc1Cc1ccc(-c2ccccc2-c2nn[nH]n2)cc1. The summed E-state index contributed by atoms with van der Waals surface area (Å²) in [4.78, 5) is 4.81. The Balaban J connectivity index is 1.56. The molecule has 0 unspecified atom stereocenters. The van der Waals surface area contributed by atoms with Gasteiger partial charge in [0.15, 0.2) is 5.82 Å². The van der Waals surface area contributed by atoms with Crippen LogP contribution >= 0.6 is 0 Å². The Labute approximate surface area is 182 Å². The summed E-state index contributed by atoms with van der Waals surface area (Å²) in [6.07, 6.45) is 6.74. The summed E-state index contributed by atoms with van der Waals surface area (Å²) in [6, 6.07) is 16.7. The summed E-state index contributed by atoms with van der Waals surface area (Å²) in [5, 5.41) is 19.2. The van der Waals surface area contributed by atoms with E-state index in [4.69, 9.17) is 10.1 Å². The van der Waals surface area contributed by atoms with Gasteiger partial charge in [0.25, 0.3) is 0 Å². The van der Waals surface area contributed by atoms with Crippen LogP contribution in [-0.4, -0.2) is 35.4 Å². The van der Waals surface area contributed by atoms with E-state index >= 15 is 0 Å². The Morgan fingerprint density at radius 1 is 1.06 bits per heavy atom. The maximum Gasteiger partial charge on any atom is 0.205 e. The fourth-order valence-corrected chi connectivity index (χ4v) is 3.58. The first kappa shape index (κ1) is 20.7. The number of aromatic nitrogens is 7. The molecule has 0 atom stereocenters. The second kappa shape index (κ2) is 9.93. The van der Waals surface area contributed by atoms with E-state index in [9.17, 15) is 0 Å². The van der Waals surface area contributed by atoms with Gasteiger partial charge in [-0.05, 0) is 34.7 Å². The van der Waals surface area contributed by atoms with Crippen LogP contribution in [0, 0.1) is 0 Å². The molecule has 7 heteroatoms. The fraction of sp³-hybridized carbons (Fsp3) is 0.292. The fourth-order valence-electron chi connectivity index (χ4n) is 3.58. The lowest BCUT2D eigenvalue weighted by Gasteiger charge is -2.08. The highest BCUT2D eigenvalue weighted by molar-refractivity contribution is 5.80. The van der Waals surface area contributed by atoms with Crippen molar-refractivity contribution in [1.82, 2.24) is 35.4 Å². The zero-order valence-electron chi connectivity index (χ0n) is 17.8. The second-order valence-corrected chi connectivity index (χ2v) is 7.50. The molecule has 0 aliphatic heterocycles. The molecule has 0 saturated carbocycles. The minimum atomic E-state index is 0.592. The summed E-state index contributed by atoms with van der Waals surface area (Å²) in [5.74, 6) is 2.54. The number of nitrogens with one attached hydrogen (secondary N) is 1. The minimum Gasteiger partial charge on any atom is -0.249 e. The van der Waals surface area contributed by atoms with Gasteiger partial charge in [-0.1, -0.05) is 68.0 Å². The molecule has 2 aromatic carbocycles. The first-order valence-corrected chi connectivity index (χ1v) is 10.7. The molecule has 0 aliphatic rings. The zero-order chi connectivity index (χ0) is 21.5. The van der Waals surface area contributed by atoms with Crippen molar-refractivity contribution in [1.29, 1.82) is 0 Å². The van der Waals surface area contributed by atoms with E-state index in [0.29, 0.717) is 5.82 Å². The normalized spacial score (nSPS) is 11.0. The van der Waals surface area contributed by atoms with Crippen LogP contribution in [-0.2, 0) is 19.4 Å². The molecule has 0 radical (unpaired) electrons. The lowest BCUT2D eigenvalue weighted by molar-refractivity contribution is 0.586. The molecule has 1 N–H and O–H groups in total. The van der Waals surface area contributed by atoms with Gasteiger partial charge in [-0.25, -0.2) is 9.67 Å². The predicted molar refractivity (Wildman–Crippen MR) is 121 cm³/mol. The van der Waals surface area contributed by atoms with Crippen LogP contribution in [0.3, 0.4) is 0 Å². The van der Waals surface area contributed by atoms with Gasteiger partial charge >= 0.3 is 0 Å². The lowest BCUT2D eigenvalue weighted by atomic mass is 9.98. The number of aryl methyl sites for hydroxylation is 2. The Kier molecular flexibility index (Phi) is 6.62. The first-order valence-electron chi connectivity index (χ1n) is 10.7. The van der Waals surface area contributed by atoms with Crippen LogP contribution in [0.4, 0.5) is 0 Å². The minimum absolute atomic E-state index is 0.592.